The number of pyridine rings is 1. The molecule has 2 heterocycles. The third kappa shape index (κ3) is 4.21. The molecule has 1 aromatic carbocycles. The van der Waals surface area contributed by atoms with Crippen LogP contribution >= 0.6 is 11.8 Å². The van der Waals surface area contributed by atoms with Gasteiger partial charge < -0.3 is 9.88 Å². The Kier molecular flexibility index (Phi) is 5.39. The number of thioether (sulfide) groups is 1. The molecule has 1 amide bonds. The second kappa shape index (κ2) is 7.89. The molecule has 0 radical (unpaired) electrons. The maximum atomic E-state index is 13.1. The summed E-state index contributed by atoms with van der Waals surface area (Å²) in [6.45, 7) is 2.64. The molecule has 0 bridgehead atoms. The van der Waals surface area contributed by atoms with E-state index in [1.165, 1.54) is 23.9 Å². The van der Waals surface area contributed by atoms with Gasteiger partial charge in [0.1, 0.15) is 11.5 Å². The van der Waals surface area contributed by atoms with Gasteiger partial charge in [0.2, 0.25) is 5.91 Å². The number of hydrogen-bond donors (Lipinski definition) is 1. The van der Waals surface area contributed by atoms with E-state index >= 15 is 0 Å². The average molecular weight is 357 g/mol. The predicted molar refractivity (Wildman–Crippen MR) is 94.7 cm³/mol. The summed E-state index contributed by atoms with van der Waals surface area (Å²) in [6, 6.07) is 11.4. The predicted octanol–water partition coefficient (Wildman–Crippen LogP) is 3.23. The summed E-state index contributed by atoms with van der Waals surface area (Å²) in [6.07, 6.45) is 1.70. The minimum Gasteiger partial charge on any atom is -0.325 e. The second-order valence-electron chi connectivity index (χ2n) is 5.11. The van der Waals surface area contributed by atoms with E-state index in [4.69, 9.17) is 0 Å². The van der Waals surface area contributed by atoms with Gasteiger partial charge in [-0.3, -0.25) is 9.78 Å². The zero-order chi connectivity index (χ0) is 17.6. The van der Waals surface area contributed by atoms with E-state index < -0.39 is 5.82 Å². The number of nitrogens with one attached hydrogen (secondary N) is 1. The minimum atomic E-state index is -0.392. The number of benzene rings is 1. The Bertz CT molecular complexity index is 868. The zero-order valence-electron chi connectivity index (χ0n) is 13.5. The summed E-state index contributed by atoms with van der Waals surface area (Å²) in [5, 5.41) is 11.6. The van der Waals surface area contributed by atoms with Gasteiger partial charge in [0.15, 0.2) is 11.0 Å². The first kappa shape index (κ1) is 17.1. The van der Waals surface area contributed by atoms with E-state index in [1.807, 2.05) is 29.7 Å². The van der Waals surface area contributed by atoms with E-state index in [0.29, 0.717) is 23.2 Å². The molecule has 3 aromatic rings. The lowest BCUT2D eigenvalue weighted by molar-refractivity contribution is -0.113. The van der Waals surface area contributed by atoms with Crippen molar-refractivity contribution in [1.82, 2.24) is 19.7 Å². The van der Waals surface area contributed by atoms with Crippen LogP contribution in [0.5, 0.6) is 0 Å². The minimum absolute atomic E-state index is 0.150. The fourth-order valence-corrected chi connectivity index (χ4v) is 3.06. The molecule has 3 rings (SSSR count). The van der Waals surface area contributed by atoms with E-state index in [1.54, 1.807) is 18.3 Å². The van der Waals surface area contributed by atoms with E-state index in [2.05, 4.69) is 20.5 Å². The maximum absolute atomic E-state index is 13.1. The summed E-state index contributed by atoms with van der Waals surface area (Å²) in [7, 11) is 0. The Morgan fingerprint density at radius 1 is 1.24 bits per heavy atom. The van der Waals surface area contributed by atoms with Crippen LogP contribution in [-0.4, -0.2) is 31.4 Å². The van der Waals surface area contributed by atoms with E-state index in [-0.39, 0.29) is 11.7 Å². The molecular weight excluding hydrogens is 341 g/mol. The summed E-state index contributed by atoms with van der Waals surface area (Å²) in [5.41, 5.74) is 1.16. The van der Waals surface area contributed by atoms with Crippen LogP contribution < -0.4 is 5.32 Å². The van der Waals surface area contributed by atoms with Crippen LogP contribution in [0, 0.1) is 5.82 Å². The van der Waals surface area contributed by atoms with Gasteiger partial charge in [0.05, 0.1) is 5.75 Å². The Morgan fingerprint density at radius 2 is 2.12 bits per heavy atom. The van der Waals surface area contributed by atoms with Gasteiger partial charge in [-0.25, -0.2) is 4.39 Å². The highest BCUT2D eigenvalue weighted by molar-refractivity contribution is 7.99. The lowest BCUT2D eigenvalue weighted by atomic mass is 10.3. The molecule has 2 aromatic heterocycles. The molecule has 128 valence electrons. The maximum Gasteiger partial charge on any atom is 0.234 e. The number of amides is 1. The Hall–Kier alpha value is -2.74. The molecule has 0 unspecified atom stereocenters. The Morgan fingerprint density at radius 3 is 2.84 bits per heavy atom. The number of aromatic nitrogens is 4. The van der Waals surface area contributed by atoms with Crippen molar-refractivity contribution in [2.24, 2.45) is 0 Å². The van der Waals surface area contributed by atoms with Crippen molar-refractivity contribution >= 4 is 23.4 Å². The topological polar surface area (TPSA) is 72.7 Å². The third-order valence-electron chi connectivity index (χ3n) is 3.37. The van der Waals surface area contributed by atoms with Crippen molar-refractivity contribution in [3.63, 3.8) is 0 Å². The average Bonchev–Trinajstić information content (AvgIpc) is 3.03. The fourth-order valence-electron chi connectivity index (χ4n) is 2.26. The van der Waals surface area contributed by atoms with Gasteiger partial charge in [-0.15, -0.1) is 10.2 Å². The van der Waals surface area contributed by atoms with Crippen molar-refractivity contribution in [2.45, 2.75) is 18.6 Å². The summed E-state index contributed by atoms with van der Waals surface area (Å²) < 4.78 is 15.1. The molecule has 0 aliphatic heterocycles. The van der Waals surface area contributed by atoms with Crippen LogP contribution in [-0.2, 0) is 11.3 Å². The number of hydrogen-bond acceptors (Lipinski definition) is 5. The molecule has 0 spiro atoms. The molecule has 1 N–H and O–H groups in total. The van der Waals surface area contributed by atoms with Gasteiger partial charge in [-0.1, -0.05) is 23.9 Å². The van der Waals surface area contributed by atoms with Crippen molar-refractivity contribution in [3.8, 4) is 11.5 Å². The van der Waals surface area contributed by atoms with Crippen LogP contribution in [0.4, 0.5) is 10.1 Å². The first-order valence-electron chi connectivity index (χ1n) is 7.70. The number of carbonyl (C=O) groups excluding carboxylic acids is 1. The molecule has 0 aliphatic carbocycles. The zero-order valence-corrected chi connectivity index (χ0v) is 14.3. The summed E-state index contributed by atoms with van der Waals surface area (Å²) >= 11 is 1.27. The highest BCUT2D eigenvalue weighted by Gasteiger charge is 2.15. The normalized spacial score (nSPS) is 10.6. The first-order valence-corrected chi connectivity index (χ1v) is 8.68. The van der Waals surface area contributed by atoms with Gasteiger partial charge >= 0.3 is 0 Å². The Labute approximate surface area is 148 Å². The van der Waals surface area contributed by atoms with Gasteiger partial charge in [-0.05, 0) is 37.3 Å². The molecular formula is C17H16FN5OS. The molecule has 8 heteroatoms. The number of anilines is 1. The SMILES string of the molecule is CCn1c(SCC(=O)Nc2cccc(F)c2)nnc1-c1ccccn1. The number of rotatable bonds is 6. The molecule has 0 saturated heterocycles. The highest BCUT2D eigenvalue weighted by Crippen LogP contribution is 2.22. The molecule has 0 aliphatic rings. The highest BCUT2D eigenvalue weighted by atomic mass is 32.2. The first-order chi connectivity index (χ1) is 12.2. The van der Waals surface area contributed by atoms with Crippen molar-refractivity contribution in [2.75, 3.05) is 11.1 Å². The summed E-state index contributed by atoms with van der Waals surface area (Å²) in [4.78, 5) is 16.3. The van der Waals surface area contributed by atoms with Gasteiger partial charge in [0.25, 0.3) is 0 Å². The number of carbonyl (C=O) groups is 1. The monoisotopic (exact) mass is 357 g/mol. The number of nitrogens with zero attached hydrogens (tertiary/aromatic N) is 4. The van der Waals surface area contributed by atoms with Crippen LogP contribution in [0.25, 0.3) is 11.5 Å². The quantitative estimate of drug-likeness (QED) is 0.686. The third-order valence-corrected chi connectivity index (χ3v) is 4.33. The van der Waals surface area contributed by atoms with Crippen molar-refractivity contribution in [3.05, 3.63) is 54.5 Å². The van der Waals surface area contributed by atoms with E-state index in [9.17, 15) is 9.18 Å². The van der Waals surface area contributed by atoms with E-state index in [0.717, 1.165) is 5.69 Å². The van der Waals surface area contributed by atoms with Crippen molar-refractivity contribution in [1.29, 1.82) is 0 Å². The lowest BCUT2D eigenvalue weighted by Crippen LogP contribution is -2.14. The van der Waals surface area contributed by atoms with Gasteiger partial charge in [-0.2, -0.15) is 0 Å². The largest absolute Gasteiger partial charge is 0.325 e. The number of halogens is 1. The Balaban J connectivity index is 1.67. The summed E-state index contributed by atoms with van der Waals surface area (Å²) in [5.74, 6) is 0.185. The molecule has 0 saturated carbocycles. The fraction of sp³-hybridized carbons (Fsp3) is 0.176. The van der Waals surface area contributed by atoms with Crippen LogP contribution in [0.1, 0.15) is 6.92 Å². The van der Waals surface area contributed by atoms with Crippen LogP contribution in [0.2, 0.25) is 0 Å². The second-order valence-corrected chi connectivity index (χ2v) is 6.06. The smallest absolute Gasteiger partial charge is 0.234 e. The molecule has 6 nitrogen and oxygen atoms in total. The molecule has 25 heavy (non-hydrogen) atoms. The lowest BCUT2D eigenvalue weighted by Gasteiger charge is -2.07. The van der Waals surface area contributed by atoms with Gasteiger partial charge in [0, 0.05) is 18.4 Å². The molecule has 0 fully saturated rings. The van der Waals surface area contributed by atoms with Crippen molar-refractivity contribution < 1.29 is 9.18 Å². The van der Waals surface area contributed by atoms with Crippen LogP contribution in [0.15, 0.2) is 53.8 Å². The molecule has 0 atom stereocenters. The van der Waals surface area contributed by atoms with Crippen LogP contribution in [0.3, 0.4) is 0 Å². The standard InChI is InChI=1S/C17H16FN5OS/c1-2-23-16(14-8-3-4-9-19-14)21-22-17(23)25-11-15(24)20-13-7-5-6-12(18)10-13/h3-10H,2,11H2,1H3,(H,20,24).